The lowest BCUT2D eigenvalue weighted by molar-refractivity contribution is -0.286. The van der Waals surface area contributed by atoms with E-state index in [1.165, 1.54) is 0 Å². The van der Waals surface area contributed by atoms with Gasteiger partial charge in [-0.15, -0.1) is 8.78 Å². The van der Waals surface area contributed by atoms with E-state index in [1.54, 1.807) is 12.1 Å². The van der Waals surface area contributed by atoms with Gasteiger partial charge in [0.25, 0.3) is 0 Å². The fourth-order valence-electron chi connectivity index (χ4n) is 2.77. The van der Waals surface area contributed by atoms with Crippen molar-refractivity contribution in [3.05, 3.63) is 18.2 Å². The Morgan fingerprint density at radius 2 is 2.05 bits per heavy atom. The largest absolute Gasteiger partial charge is 0.586 e. The predicted octanol–water partition coefficient (Wildman–Crippen LogP) is 2.83. The normalized spacial score (nSPS) is 24.2. The summed E-state index contributed by atoms with van der Waals surface area (Å²) in [5, 5.41) is 3.53. The van der Waals surface area contributed by atoms with Crippen LogP contribution < -0.4 is 19.7 Å². The van der Waals surface area contributed by atoms with Gasteiger partial charge in [0.2, 0.25) is 0 Å². The molecule has 0 amide bonds. The van der Waals surface area contributed by atoms with Crippen LogP contribution >= 0.6 is 0 Å². The molecule has 6 heteroatoms. The number of anilines is 1. The van der Waals surface area contributed by atoms with E-state index in [4.69, 9.17) is 0 Å². The summed E-state index contributed by atoms with van der Waals surface area (Å²) in [7, 11) is 0. The molecule has 0 bridgehead atoms. The molecule has 116 valence electrons. The molecule has 0 aromatic heterocycles. The van der Waals surface area contributed by atoms with E-state index in [-0.39, 0.29) is 11.5 Å². The van der Waals surface area contributed by atoms with Crippen molar-refractivity contribution in [2.45, 2.75) is 32.6 Å². The molecule has 1 aromatic rings. The molecule has 21 heavy (non-hydrogen) atoms. The minimum atomic E-state index is -3.55. The highest BCUT2D eigenvalue weighted by Gasteiger charge is 2.43. The third kappa shape index (κ3) is 3.05. The Labute approximate surface area is 123 Å². The van der Waals surface area contributed by atoms with E-state index in [1.807, 2.05) is 6.07 Å². The molecule has 1 fully saturated rings. The number of hydrogen-bond donors (Lipinski definition) is 1. The summed E-state index contributed by atoms with van der Waals surface area (Å²) in [5.41, 5.74) is 0.893. The van der Waals surface area contributed by atoms with Crippen LogP contribution in [0, 0.1) is 5.92 Å². The Bertz CT molecular complexity index is 522. The first kappa shape index (κ1) is 14.4. The SMILES string of the molecule is CC(C)C1CN(c2ccc3c(c2)OC(F)(F)O3)CCCN1. The first-order chi connectivity index (χ1) is 9.94. The Hall–Kier alpha value is -1.56. The lowest BCUT2D eigenvalue weighted by atomic mass is 10.0. The number of halogens is 2. The van der Waals surface area contributed by atoms with Crippen LogP contribution in [0.3, 0.4) is 0 Å². The minimum Gasteiger partial charge on any atom is -0.395 e. The number of rotatable bonds is 2. The van der Waals surface area contributed by atoms with Gasteiger partial charge in [0, 0.05) is 30.9 Å². The second-order valence-corrected chi connectivity index (χ2v) is 5.90. The van der Waals surface area contributed by atoms with E-state index in [9.17, 15) is 8.78 Å². The van der Waals surface area contributed by atoms with Gasteiger partial charge < -0.3 is 19.7 Å². The van der Waals surface area contributed by atoms with Crippen LogP contribution in [0.2, 0.25) is 0 Å². The lowest BCUT2D eigenvalue weighted by Gasteiger charge is -2.28. The smallest absolute Gasteiger partial charge is 0.395 e. The van der Waals surface area contributed by atoms with E-state index >= 15 is 0 Å². The molecule has 0 saturated carbocycles. The summed E-state index contributed by atoms with van der Waals surface area (Å²) in [5.74, 6) is 0.719. The van der Waals surface area contributed by atoms with Gasteiger partial charge in [0.15, 0.2) is 11.5 Å². The van der Waals surface area contributed by atoms with E-state index < -0.39 is 6.29 Å². The molecular weight excluding hydrogens is 278 g/mol. The van der Waals surface area contributed by atoms with Crippen molar-refractivity contribution in [1.29, 1.82) is 0 Å². The van der Waals surface area contributed by atoms with E-state index in [0.717, 1.165) is 31.7 Å². The molecule has 3 rings (SSSR count). The Morgan fingerprint density at radius 1 is 1.29 bits per heavy atom. The summed E-state index contributed by atoms with van der Waals surface area (Å²) in [4.78, 5) is 2.21. The maximum Gasteiger partial charge on any atom is 0.586 e. The van der Waals surface area contributed by atoms with Crippen molar-refractivity contribution < 1.29 is 18.3 Å². The third-order valence-electron chi connectivity index (χ3n) is 3.98. The maximum atomic E-state index is 13.1. The van der Waals surface area contributed by atoms with Crippen LogP contribution in [0.5, 0.6) is 11.5 Å². The highest BCUT2D eigenvalue weighted by atomic mass is 19.3. The fourth-order valence-corrected chi connectivity index (χ4v) is 2.77. The average molecular weight is 298 g/mol. The summed E-state index contributed by atoms with van der Waals surface area (Å²) < 4.78 is 35.1. The molecule has 0 radical (unpaired) electrons. The highest BCUT2D eigenvalue weighted by Crippen LogP contribution is 2.42. The molecule has 2 aliphatic heterocycles. The molecule has 2 aliphatic rings. The zero-order chi connectivity index (χ0) is 15.0. The van der Waals surface area contributed by atoms with Crippen LogP contribution in [0.25, 0.3) is 0 Å². The molecular formula is C15H20F2N2O2. The maximum absolute atomic E-state index is 13.1. The number of nitrogens with one attached hydrogen (secondary N) is 1. The number of ether oxygens (including phenoxy) is 2. The van der Waals surface area contributed by atoms with Crippen molar-refractivity contribution in [2.24, 2.45) is 5.92 Å². The first-order valence-corrected chi connectivity index (χ1v) is 7.33. The van der Waals surface area contributed by atoms with Gasteiger partial charge in [0.05, 0.1) is 0 Å². The second kappa shape index (κ2) is 5.33. The van der Waals surface area contributed by atoms with Gasteiger partial charge in [-0.05, 0) is 31.0 Å². The molecule has 1 atom stereocenters. The standard InChI is InChI=1S/C15H20F2N2O2/c1-10(2)12-9-19(7-3-6-18-12)11-4-5-13-14(8-11)21-15(16,17)20-13/h4-5,8,10,12,18H,3,6-7,9H2,1-2H3. The number of benzene rings is 1. The molecule has 0 spiro atoms. The molecule has 2 heterocycles. The lowest BCUT2D eigenvalue weighted by Crippen LogP contribution is -2.41. The molecule has 1 aromatic carbocycles. The molecule has 4 nitrogen and oxygen atoms in total. The zero-order valence-electron chi connectivity index (χ0n) is 12.2. The van der Waals surface area contributed by atoms with Gasteiger partial charge in [-0.2, -0.15) is 0 Å². The van der Waals surface area contributed by atoms with Gasteiger partial charge in [-0.25, -0.2) is 0 Å². The van der Waals surface area contributed by atoms with Crippen LogP contribution in [0.1, 0.15) is 20.3 Å². The van der Waals surface area contributed by atoms with Crippen molar-refractivity contribution >= 4 is 5.69 Å². The van der Waals surface area contributed by atoms with Crippen molar-refractivity contribution in [3.63, 3.8) is 0 Å². The van der Waals surface area contributed by atoms with Crippen LogP contribution in [-0.2, 0) is 0 Å². The monoisotopic (exact) mass is 298 g/mol. The topological polar surface area (TPSA) is 33.7 Å². The van der Waals surface area contributed by atoms with Crippen molar-refractivity contribution in [3.8, 4) is 11.5 Å². The van der Waals surface area contributed by atoms with Gasteiger partial charge in [-0.3, -0.25) is 0 Å². The zero-order valence-corrected chi connectivity index (χ0v) is 12.2. The minimum absolute atomic E-state index is 0.0945. The predicted molar refractivity (Wildman–Crippen MR) is 76.1 cm³/mol. The van der Waals surface area contributed by atoms with Gasteiger partial charge in [0.1, 0.15) is 0 Å². The average Bonchev–Trinajstić information content (AvgIpc) is 2.60. The van der Waals surface area contributed by atoms with E-state index in [2.05, 4.69) is 33.5 Å². The fraction of sp³-hybridized carbons (Fsp3) is 0.600. The van der Waals surface area contributed by atoms with E-state index in [0.29, 0.717) is 12.0 Å². The summed E-state index contributed by atoms with van der Waals surface area (Å²) >= 11 is 0. The number of hydrogen-bond acceptors (Lipinski definition) is 4. The summed E-state index contributed by atoms with van der Waals surface area (Å²) in [6.07, 6.45) is -2.53. The molecule has 1 N–H and O–H groups in total. The molecule has 1 saturated heterocycles. The molecule has 1 unspecified atom stereocenters. The van der Waals surface area contributed by atoms with Crippen LogP contribution in [0.4, 0.5) is 14.5 Å². The van der Waals surface area contributed by atoms with Gasteiger partial charge >= 0.3 is 6.29 Å². The Balaban J connectivity index is 1.81. The van der Waals surface area contributed by atoms with Crippen molar-refractivity contribution in [2.75, 3.05) is 24.5 Å². The van der Waals surface area contributed by atoms with Crippen LogP contribution in [-0.4, -0.2) is 32.0 Å². The number of nitrogens with zero attached hydrogens (tertiary/aromatic N) is 1. The van der Waals surface area contributed by atoms with Crippen molar-refractivity contribution in [1.82, 2.24) is 5.32 Å². The second-order valence-electron chi connectivity index (χ2n) is 5.90. The quantitative estimate of drug-likeness (QED) is 0.910. The molecule has 0 aliphatic carbocycles. The Kier molecular flexibility index (Phi) is 3.65. The highest BCUT2D eigenvalue weighted by molar-refractivity contribution is 5.57. The summed E-state index contributed by atoms with van der Waals surface area (Å²) in [6, 6.07) is 5.39. The Morgan fingerprint density at radius 3 is 2.81 bits per heavy atom. The third-order valence-corrected chi connectivity index (χ3v) is 3.98. The van der Waals surface area contributed by atoms with Crippen LogP contribution in [0.15, 0.2) is 18.2 Å². The van der Waals surface area contributed by atoms with Gasteiger partial charge in [-0.1, -0.05) is 13.8 Å². The summed E-state index contributed by atoms with van der Waals surface area (Å²) in [6.45, 7) is 7.09. The number of fused-ring (bicyclic) bond motifs is 1. The number of alkyl halides is 2. The first-order valence-electron chi connectivity index (χ1n) is 7.33.